The van der Waals surface area contributed by atoms with E-state index in [0.717, 1.165) is 17.8 Å². The average Bonchev–Trinajstić information content (AvgIpc) is 2.38. The van der Waals surface area contributed by atoms with Crippen molar-refractivity contribution in [2.75, 3.05) is 18.0 Å². The Balaban J connectivity index is 2.62. The smallest absolute Gasteiger partial charge is 0.305 e. The number of anilines is 1. The van der Waals surface area contributed by atoms with Gasteiger partial charge in [-0.05, 0) is 31.0 Å². The molecule has 1 aromatic carbocycles. The summed E-state index contributed by atoms with van der Waals surface area (Å²) in [6.45, 7) is 3.18. The molecule has 0 spiro atoms. The van der Waals surface area contributed by atoms with E-state index < -0.39 is 11.9 Å². The molecule has 0 aromatic heterocycles. The zero-order valence-electron chi connectivity index (χ0n) is 11.0. The summed E-state index contributed by atoms with van der Waals surface area (Å²) in [6.07, 6.45) is 0.737. The van der Waals surface area contributed by atoms with E-state index in [1.54, 1.807) is 0 Å². The third kappa shape index (κ3) is 5.42. The van der Waals surface area contributed by atoms with Crippen LogP contribution in [0.15, 0.2) is 24.3 Å². The Morgan fingerprint density at radius 2 is 1.63 bits per heavy atom. The third-order valence-corrected chi connectivity index (χ3v) is 2.91. The number of rotatable bonds is 8. The van der Waals surface area contributed by atoms with E-state index in [9.17, 15) is 9.59 Å². The Labute approximate surface area is 112 Å². The summed E-state index contributed by atoms with van der Waals surface area (Å²) in [7, 11) is 0. The van der Waals surface area contributed by atoms with Crippen molar-refractivity contribution in [2.45, 2.75) is 26.2 Å². The van der Waals surface area contributed by atoms with Gasteiger partial charge < -0.3 is 15.1 Å². The lowest BCUT2D eigenvalue weighted by Crippen LogP contribution is -2.25. The minimum absolute atomic E-state index is 0.106. The van der Waals surface area contributed by atoms with Gasteiger partial charge >= 0.3 is 11.9 Å². The molecule has 0 aliphatic rings. The largest absolute Gasteiger partial charge is 0.481 e. The molecule has 5 nitrogen and oxygen atoms in total. The lowest BCUT2D eigenvalue weighted by atomic mass is 10.1. The summed E-state index contributed by atoms with van der Waals surface area (Å²) in [4.78, 5) is 23.0. The predicted molar refractivity (Wildman–Crippen MR) is 72.5 cm³/mol. The second kappa shape index (κ2) is 7.41. The van der Waals surface area contributed by atoms with E-state index in [2.05, 4.69) is 0 Å². The van der Waals surface area contributed by atoms with Crippen molar-refractivity contribution in [1.82, 2.24) is 0 Å². The highest BCUT2D eigenvalue weighted by Crippen LogP contribution is 2.16. The van der Waals surface area contributed by atoms with Crippen LogP contribution in [0.2, 0.25) is 0 Å². The van der Waals surface area contributed by atoms with Gasteiger partial charge in [-0.1, -0.05) is 12.1 Å². The zero-order valence-corrected chi connectivity index (χ0v) is 11.0. The van der Waals surface area contributed by atoms with Gasteiger partial charge in [-0.3, -0.25) is 9.59 Å². The molecule has 0 amide bonds. The monoisotopic (exact) mass is 265 g/mol. The number of hydrogen-bond donors (Lipinski definition) is 2. The van der Waals surface area contributed by atoms with Crippen molar-refractivity contribution in [3.8, 4) is 0 Å². The molecule has 0 saturated heterocycles. The average molecular weight is 265 g/mol. The van der Waals surface area contributed by atoms with Crippen LogP contribution in [0.1, 0.15) is 25.3 Å². The molecule has 1 aromatic rings. The second-order valence-electron chi connectivity index (χ2n) is 4.28. The van der Waals surface area contributed by atoms with E-state index in [1.165, 1.54) is 0 Å². The first kappa shape index (κ1) is 15.0. The molecule has 2 N–H and O–H groups in total. The molecule has 1 rings (SSSR count). The summed E-state index contributed by atoms with van der Waals surface area (Å²) >= 11 is 0. The summed E-state index contributed by atoms with van der Waals surface area (Å²) < 4.78 is 0. The van der Waals surface area contributed by atoms with Crippen molar-refractivity contribution >= 4 is 17.6 Å². The van der Waals surface area contributed by atoms with Crippen LogP contribution in [0.5, 0.6) is 0 Å². The Bertz CT molecular complexity index is 428. The number of carboxylic acids is 2. The third-order valence-electron chi connectivity index (χ3n) is 2.91. The van der Waals surface area contributed by atoms with Gasteiger partial charge in [0.15, 0.2) is 0 Å². The van der Waals surface area contributed by atoms with Gasteiger partial charge in [-0.15, -0.1) is 0 Å². The molecule has 0 heterocycles. The summed E-state index contributed by atoms with van der Waals surface area (Å²) in [5.41, 5.74) is 1.93. The van der Waals surface area contributed by atoms with E-state index in [4.69, 9.17) is 10.2 Å². The Morgan fingerprint density at radius 3 is 2.11 bits per heavy atom. The fourth-order valence-electron chi connectivity index (χ4n) is 1.83. The number of benzene rings is 1. The van der Waals surface area contributed by atoms with Crippen molar-refractivity contribution in [2.24, 2.45) is 0 Å². The van der Waals surface area contributed by atoms with Crippen LogP contribution in [-0.2, 0) is 16.0 Å². The van der Waals surface area contributed by atoms with Crippen LogP contribution in [0.25, 0.3) is 0 Å². The van der Waals surface area contributed by atoms with Gasteiger partial charge in [0.1, 0.15) is 0 Å². The minimum Gasteiger partial charge on any atom is -0.481 e. The van der Waals surface area contributed by atoms with E-state index in [1.807, 2.05) is 36.1 Å². The molecule has 0 aliphatic heterocycles. The molecular formula is C14H19NO4. The van der Waals surface area contributed by atoms with Crippen LogP contribution >= 0.6 is 0 Å². The van der Waals surface area contributed by atoms with Gasteiger partial charge in [0, 0.05) is 25.2 Å². The van der Waals surface area contributed by atoms with Gasteiger partial charge in [0.25, 0.3) is 0 Å². The molecule has 104 valence electrons. The van der Waals surface area contributed by atoms with Gasteiger partial charge in [0.05, 0.1) is 6.42 Å². The molecule has 0 aliphatic carbocycles. The first-order valence-corrected chi connectivity index (χ1v) is 6.30. The Kier molecular flexibility index (Phi) is 5.85. The highest BCUT2D eigenvalue weighted by Gasteiger charge is 2.07. The SMILES string of the molecule is CCN(CCC(=O)O)c1ccc(CCC(=O)O)cc1. The lowest BCUT2D eigenvalue weighted by Gasteiger charge is -2.22. The van der Waals surface area contributed by atoms with E-state index >= 15 is 0 Å². The fourth-order valence-corrected chi connectivity index (χ4v) is 1.83. The normalized spacial score (nSPS) is 10.2. The number of aryl methyl sites for hydroxylation is 1. The maximum Gasteiger partial charge on any atom is 0.305 e. The quantitative estimate of drug-likeness (QED) is 0.751. The first-order chi connectivity index (χ1) is 9.02. The molecule has 5 heteroatoms. The minimum atomic E-state index is -0.809. The maximum absolute atomic E-state index is 10.6. The second-order valence-corrected chi connectivity index (χ2v) is 4.28. The molecule has 0 saturated carbocycles. The molecule has 0 radical (unpaired) electrons. The molecule has 0 fully saturated rings. The number of hydrogen-bond acceptors (Lipinski definition) is 3. The summed E-state index contributed by atoms with van der Waals surface area (Å²) in [5, 5.41) is 17.3. The Hall–Kier alpha value is -2.04. The maximum atomic E-state index is 10.6. The molecule has 19 heavy (non-hydrogen) atoms. The zero-order chi connectivity index (χ0) is 14.3. The van der Waals surface area contributed by atoms with Crippen molar-refractivity contribution in [3.63, 3.8) is 0 Å². The molecule has 0 atom stereocenters. The highest BCUT2D eigenvalue weighted by molar-refractivity contribution is 5.68. The number of carboxylic acid groups (broad SMARTS) is 2. The summed E-state index contributed by atoms with van der Waals surface area (Å²) in [5.74, 6) is -1.61. The van der Waals surface area contributed by atoms with Crippen LogP contribution in [0, 0.1) is 0 Å². The first-order valence-electron chi connectivity index (χ1n) is 6.30. The van der Waals surface area contributed by atoms with Crippen LogP contribution in [0.4, 0.5) is 5.69 Å². The molecular weight excluding hydrogens is 246 g/mol. The lowest BCUT2D eigenvalue weighted by molar-refractivity contribution is -0.137. The number of nitrogens with zero attached hydrogens (tertiary/aromatic N) is 1. The number of carbonyl (C=O) groups is 2. The van der Waals surface area contributed by atoms with Crippen molar-refractivity contribution in [1.29, 1.82) is 0 Å². The summed E-state index contributed by atoms with van der Waals surface area (Å²) in [6, 6.07) is 7.59. The van der Waals surface area contributed by atoms with E-state index in [0.29, 0.717) is 13.0 Å². The highest BCUT2D eigenvalue weighted by atomic mass is 16.4. The van der Waals surface area contributed by atoms with Crippen molar-refractivity contribution < 1.29 is 19.8 Å². The predicted octanol–water partition coefficient (Wildman–Crippen LogP) is 2.00. The fraction of sp³-hybridized carbons (Fsp3) is 0.429. The number of aliphatic carboxylic acids is 2. The standard InChI is InChI=1S/C14H19NO4/c1-2-15(10-9-14(18)19)12-6-3-11(4-7-12)5-8-13(16)17/h3-4,6-7H,2,5,8-10H2,1H3,(H,16,17)(H,18,19). The van der Waals surface area contributed by atoms with Crippen LogP contribution in [-0.4, -0.2) is 35.2 Å². The van der Waals surface area contributed by atoms with Crippen molar-refractivity contribution in [3.05, 3.63) is 29.8 Å². The topological polar surface area (TPSA) is 77.8 Å². The molecule has 0 unspecified atom stereocenters. The van der Waals surface area contributed by atoms with Gasteiger partial charge in [-0.25, -0.2) is 0 Å². The van der Waals surface area contributed by atoms with Crippen LogP contribution < -0.4 is 4.90 Å². The molecule has 0 bridgehead atoms. The van der Waals surface area contributed by atoms with Crippen LogP contribution in [0.3, 0.4) is 0 Å². The Morgan fingerprint density at radius 1 is 1.05 bits per heavy atom. The van der Waals surface area contributed by atoms with Gasteiger partial charge in [-0.2, -0.15) is 0 Å². The van der Waals surface area contributed by atoms with Gasteiger partial charge in [0.2, 0.25) is 0 Å². The van der Waals surface area contributed by atoms with E-state index in [-0.39, 0.29) is 12.8 Å².